The average molecular weight is 383 g/mol. The maximum absolute atomic E-state index is 12.1. The lowest BCUT2D eigenvalue weighted by Crippen LogP contribution is -2.30. The van der Waals surface area contributed by atoms with E-state index in [1.54, 1.807) is 12.1 Å². The van der Waals surface area contributed by atoms with Gasteiger partial charge in [-0.15, -0.1) is 0 Å². The van der Waals surface area contributed by atoms with Crippen LogP contribution in [0.4, 0.5) is 5.69 Å². The number of halogens is 1. The van der Waals surface area contributed by atoms with E-state index in [-0.39, 0.29) is 10.5 Å². The molecule has 0 aliphatic carbocycles. The molecule has 0 saturated heterocycles. The molecule has 3 N–H and O–H groups in total. The fourth-order valence-electron chi connectivity index (χ4n) is 1.87. The Balaban J connectivity index is 1.99. The molecule has 0 fully saturated rings. The molecule has 25 heavy (non-hydrogen) atoms. The molecule has 0 aliphatic heterocycles. The Labute approximate surface area is 149 Å². The molecule has 132 valence electrons. The highest BCUT2D eigenvalue weighted by Gasteiger charge is 2.19. The number of nitrogens with two attached hydrogens (primary N) is 1. The first kappa shape index (κ1) is 18.9. The van der Waals surface area contributed by atoms with E-state index in [2.05, 4.69) is 5.32 Å². The third-order valence-electron chi connectivity index (χ3n) is 3.16. The van der Waals surface area contributed by atoms with E-state index in [4.69, 9.17) is 21.5 Å². The molecule has 2 aromatic rings. The Kier molecular flexibility index (Phi) is 5.78. The van der Waals surface area contributed by atoms with E-state index < -0.39 is 28.0 Å². The van der Waals surface area contributed by atoms with Crippen LogP contribution in [0, 0.1) is 0 Å². The quantitative estimate of drug-likeness (QED) is 0.769. The number of ether oxygens (including phenoxy) is 1. The lowest BCUT2D eigenvalue weighted by molar-refractivity contribution is -0.123. The minimum absolute atomic E-state index is 0.0778. The van der Waals surface area contributed by atoms with E-state index >= 15 is 0 Å². The number of esters is 1. The first-order valence-electron chi connectivity index (χ1n) is 7.07. The third kappa shape index (κ3) is 5.28. The monoisotopic (exact) mass is 382 g/mol. The summed E-state index contributed by atoms with van der Waals surface area (Å²) in [5.41, 5.74) is 0.563. The second kappa shape index (κ2) is 7.64. The van der Waals surface area contributed by atoms with Crippen LogP contribution in [-0.2, 0) is 19.6 Å². The van der Waals surface area contributed by atoms with Gasteiger partial charge in [-0.25, -0.2) is 18.4 Å². The lowest BCUT2D eigenvalue weighted by Gasteiger charge is -2.14. The summed E-state index contributed by atoms with van der Waals surface area (Å²) in [6, 6.07) is 11.4. The zero-order chi connectivity index (χ0) is 18.6. The van der Waals surface area contributed by atoms with Gasteiger partial charge in [0.25, 0.3) is 5.91 Å². The van der Waals surface area contributed by atoms with Gasteiger partial charge in [-0.1, -0.05) is 17.7 Å². The number of benzene rings is 2. The van der Waals surface area contributed by atoms with Gasteiger partial charge in [0.1, 0.15) is 0 Å². The standard InChI is InChI=1S/C16H15ClN2O5S/c1-10(24-16(21)11-3-2-4-12(17)9-11)15(20)19-13-5-7-14(8-6-13)25(18,22)23/h2-10H,1H3,(H,19,20)(H2,18,22,23). The first-order valence-corrected chi connectivity index (χ1v) is 8.99. The summed E-state index contributed by atoms with van der Waals surface area (Å²) in [4.78, 5) is 24.0. The molecule has 0 heterocycles. The molecule has 1 amide bonds. The predicted molar refractivity (Wildman–Crippen MR) is 92.8 cm³/mol. The second-order valence-corrected chi connectivity index (χ2v) is 7.11. The van der Waals surface area contributed by atoms with Gasteiger partial charge in [0.05, 0.1) is 10.5 Å². The Morgan fingerprint density at radius 2 is 1.80 bits per heavy atom. The summed E-state index contributed by atoms with van der Waals surface area (Å²) in [6.45, 7) is 1.41. The lowest BCUT2D eigenvalue weighted by atomic mass is 10.2. The van der Waals surface area contributed by atoms with E-state index in [1.165, 1.54) is 43.3 Å². The van der Waals surface area contributed by atoms with Crippen molar-refractivity contribution in [3.63, 3.8) is 0 Å². The van der Waals surface area contributed by atoms with Crippen LogP contribution in [0.3, 0.4) is 0 Å². The van der Waals surface area contributed by atoms with Crippen LogP contribution >= 0.6 is 11.6 Å². The molecular formula is C16H15ClN2O5S. The summed E-state index contributed by atoms with van der Waals surface area (Å²) in [5, 5.41) is 7.88. The van der Waals surface area contributed by atoms with Gasteiger partial charge < -0.3 is 10.1 Å². The molecule has 0 bridgehead atoms. The number of amides is 1. The topological polar surface area (TPSA) is 116 Å². The average Bonchev–Trinajstić information content (AvgIpc) is 2.54. The molecule has 7 nitrogen and oxygen atoms in total. The summed E-state index contributed by atoms with van der Waals surface area (Å²) < 4.78 is 27.4. The van der Waals surface area contributed by atoms with Crippen LogP contribution in [0.15, 0.2) is 53.4 Å². The number of nitrogens with one attached hydrogen (secondary N) is 1. The number of primary sulfonamides is 1. The SMILES string of the molecule is CC(OC(=O)c1cccc(Cl)c1)C(=O)Nc1ccc(S(N)(=O)=O)cc1. The second-order valence-electron chi connectivity index (χ2n) is 5.12. The number of hydrogen-bond donors (Lipinski definition) is 2. The van der Waals surface area contributed by atoms with E-state index in [0.717, 1.165) is 0 Å². The summed E-state index contributed by atoms with van der Waals surface area (Å²) in [7, 11) is -3.81. The Hall–Kier alpha value is -2.42. The molecule has 0 saturated carbocycles. The molecule has 0 radical (unpaired) electrons. The molecular weight excluding hydrogens is 368 g/mol. The highest BCUT2D eigenvalue weighted by molar-refractivity contribution is 7.89. The van der Waals surface area contributed by atoms with Crippen LogP contribution in [0.5, 0.6) is 0 Å². The van der Waals surface area contributed by atoms with Gasteiger partial charge in [-0.3, -0.25) is 4.79 Å². The van der Waals surface area contributed by atoms with Crippen molar-refractivity contribution in [2.45, 2.75) is 17.9 Å². The zero-order valence-electron chi connectivity index (χ0n) is 13.1. The Morgan fingerprint density at radius 3 is 2.36 bits per heavy atom. The van der Waals surface area contributed by atoms with Crippen LogP contribution in [-0.4, -0.2) is 26.4 Å². The van der Waals surface area contributed by atoms with Crippen molar-refractivity contribution in [3.8, 4) is 0 Å². The van der Waals surface area contributed by atoms with E-state index in [9.17, 15) is 18.0 Å². The van der Waals surface area contributed by atoms with Gasteiger partial charge in [-0.05, 0) is 49.4 Å². The number of hydrogen-bond acceptors (Lipinski definition) is 5. The molecule has 0 aromatic heterocycles. The van der Waals surface area contributed by atoms with Crippen molar-refractivity contribution in [1.82, 2.24) is 0 Å². The van der Waals surface area contributed by atoms with Crippen LogP contribution in [0.25, 0.3) is 0 Å². The third-order valence-corrected chi connectivity index (χ3v) is 4.33. The summed E-state index contributed by atoms with van der Waals surface area (Å²) in [5.74, 6) is -1.26. The smallest absolute Gasteiger partial charge is 0.338 e. The first-order chi connectivity index (χ1) is 11.7. The molecule has 2 aromatic carbocycles. The van der Waals surface area contributed by atoms with E-state index in [1.807, 2.05) is 0 Å². The predicted octanol–water partition coefficient (Wildman–Crippen LogP) is 2.17. The fourth-order valence-corrected chi connectivity index (χ4v) is 2.58. The van der Waals surface area contributed by atoms with Gasteiger partial charge >= 0.3 is 5.97 Å². The van der Waals surface area contributed by atoms with Gasteiger partial charge in [0.15, 0.2) is 6.10 Å². The number of sulfonamides is 1. The highest BCUT2D eigenvalue weighted by Crippen LogP contribution is 2.15. The number of rotatable bonds is 5. The van der Waals surface area contributed by atoms with E-state index in [0.29, 0.717) is 10.7 Å². The van der Waals surface area contributed by atoms with Crippen LogP contribution < -0.4 is 10.5 Å². The van der Waals surface area contributed by atoms with Gasteiger partial charge in [0, 0.05) is 10.7 Å². The molecule has 0 aliphatic rings. The Morgan fingerprint density at radius 1 is 1.16 bits per heavy atom. The molecule has 9 heteroatoms. The summed E-state index contributed by atoms with van der Waals surface area (Å²) >= 11 is 5.80. The van der Waals surface area contributed by atoms with Crippen LogP contribution in [0.1, 0.15) is 17.3 Å². The maximum atomic E-state index is 12.1. The maximum Gasteiger partial charge on any atom is 0.338 e. The fraction of sp³-hybridized carbons (Fsp3) is 0.125. The number of carbonyl (C=O) groups excluding carboxylic acids is 2. The van der Waals surface area contributed by atoms with Crippen molar-refractivity contribution >= 4 is 39.2 Å². The summed E-state index contributed by atoms with van der Waals surface area (Å²) in [6.07, 6.45) is -1.07. The molecule has 1 atom stereocenters. The van der Waals surface area contributed by atoms with Crippen molar-refractivity contribution in [2.75, 3.05) is 5.32 Å². The van der Waals surface area contributed by atoms with Gasteiger partial charge in [0.2, 0.25) is 10.0 Å². The minimum atomic E-state index is -3.81. The zero-order valence-corrected chi connectivity index (χ0v) is 14.7. The van der Waals surface area contributed by atoms with Crippen molar-refractivity contribution in [1.29, 1.82) is 0 Å². The number of carbonyl (C=O) groups is 2. The largest absolute Gasteiger partial charge is 0.449 e. The van der Waals surface area contributed by atoms with Crippen molar-refractivity contribution < 1.29 is 22.7 Å². The normalized spacial score (nSPS) is 12.3. The van der Waals surface area contributed by atoms with Crippen molar-refractivity contribution in [2.24, 2.45) is 5.14 Å². The molecule has 0 spiro atoms. The number of anilines is 1. The van der Waals surface area contributed by atoms with Crippen molar-refractivity contribution in [3.05, 3.63) is 59.1 Å². The van der Waals surface area contributed by atoms with Crippen LogP contribution in [0.2, 0.25) is 5.02 Å². The van der Waals surface area contributed by atoms with Gasteiger partial charge in [-0.2, -0.15) is 0 Å². The Bertz CT molecular complexity index is 897. The highest BCUT2D eigenvalue weighted by atomic mass is 35.5. The molecule has 2 rings (SSSR count). The minimum Gasteiger partial charge on any atom is -0.449 e. The molecule has 1 unspecified atom stereocenters.